The number of aliphatic hydroxyl groups is 9. The van der Waals surface area contributed by atoms with E-state index >= 15 is 0 Å². The highest BCUT2D eigenvalue weighted by Crippen LogP contribution is 2.41. The lowest BCUT2D eigenvalue weighted by molar-refractivity contribution is -0.0947. The van der Waals surface area contributed by atoms with Gasteiger partial charge in [-0.05, 0) is 87.2 Å². The van der Waals surface area contributed by atoms with Gasteiger partial charge in [0.25, 0.3) is 16.7 Å². The number of H-pyrrole nitrogens is 3. The molecule has 0 radical (unpaired) electrons. The number of aryl methyl sites for hydroxylation is 2. The number of rotatable bonds is 6. The first-order valence-electron chi connectivity index (χ1n) is 18.7. The Kier molecular flexibility index (Phi) is 16.8. The molecule has 25 nitrogen and oxygen atoms in total. The molecule has 28 heteroatoms. The Bertz CT molecular complexity index is 2660. The molecule has 65 heavy (non-hydrogen) atoms. The quantitative estimate of drug-likeness (QED) is 0.102. The number of aliphatic hydroxyl groups excluding tert-OH is 6. The summed E-state index contributed by atoms with van der Waals surface area (Å²) in [5, 5.41) is 100. The molecule has 0 aromatic carbocycles. The number of hydrogen-bond acceptors (Lipinski definition) is 19. The zero-order valence-corrected chi connectivity index (χ0v) is 36.5. The molecule has 0 bridgehead atoms. The second-order valence-corrected chi connectivity index (χ2v) is 15.4. The fourth-order valence-corrected chi connectivity index (χ4v) is 7.50. The fourth-order valence-electron chi connectivity index (χ4n) is 7.05. The molecule has 6 heterocycles. The number of aromatic amines is 3. The molecule has 12 N–H and O–H groups in total. The third-order valence-electron chi connectivity index (χ3n) is 10.2. The van der Waals surface area contributed by atoms with Crippen molar-refractivity contribution in [3.63, 3.8) is 0 Å². The number of aromatic nitrogens is 7. The SMILES string of the molecule is C[C@@H](O)[C@H]1O[C@@H](n2ncc(=O)[nH]c2=O)C(O)(C#CCl)[C@H]1O.Cc1cc(=O)[nH]c(=O)n1[C@@H]1O[C@H]([C@@H](C)O)[C@H](O)C1(O)C#CCl.Cc1cc(=O)[nH]c(=O)n1[C@@H]1O[C@H]([C@H](C)O)[C@H](O)C1(O)C#CCl. The molecule has 354 valence electrons. The van der Waals surface area contributed by atoms with Crippen LogP contribution >= 0.6 is 34.8 Å². The van der Waals surface area contributed by atoms with Crippen molar-refractivity contribution in [1.82, 2.24) is 33.9 Å². The molecule has 3 aromatic rings. The summed E-state index contributed by atoms with van der Waals surface area (Å²) in [4.78, 5) is 75.3. The van der Waals surface area contributed by atoms with Gasteiger partial charge in [-0.15, -0.1) is 0 Å². The minimum absolute atomic E-state index is 0.187. The van der Waals surface area contributed by atoms with Gasteiger partial charge in [-0.25, -0.2) is 14.4 Å². The zero-order chi connectivity index (χ0) is 49.1. The van der Waals surface area contributed by atoms with Gasteiger partial charge in [0.15, 0.2) is 18.7 Å². The minimum atomic E-state index is -2.28. The van der Waals surface area contributed by atoms with Gasteiger partial charge in [0.1, 0.15) is 42.8 Å². The van der Waals surface area contributed by atoms with Gasteiger partial charge >= 0.3 is 17.1 Å². The Hall–Kier alpha value is -4.96. The van der Waals surface area contributed by atoms with Gasteiger partial charge in [-0.2, -0.15) is 9.78 Å². The second-order valence-electron chi connectivity index (χ2n) is 14.8. The number of halogens is 3. The first kappa shape index (κ1) is 52.7. The Labute approximate surface area is 379 Å². The maximum atomic E-state index is 12.0. The van der Waals surface area contributed by atoms with Gasteiger partial charge in [-0.3, -0.25) is 38.5 Å². The van der Waals surface area contributed by atoms with E-state index in [-0.39, 0.29) is 11.4 Å². The van der Waals surface area contributed by atoms with E-state index in [2.05, 4.69) is 22.9 Å². The molecule has 15 atom stereocenters. The fraction of sp³-hybridized carbons (Fsp3) is 0.541. The molecule has 3 fully saturated rings. The molecular formula is C37H42Cl3N7O18. The monoisotopic (exact) mass is 977 g/mol. The van der Waals surface area contributed by atoms with Crippen molar-refractivity contribution >= 4 is 34.8 Å². The first-order chi connectivity index (χ1) is 30.2. The number of nitrogens with zero attached hydrogens (tertiary/aromatic N) is 4. The van der Waals surface area contributed by atoms with E-state index in [4.69, 9.17) is 49.0 Å². The maximum absolute atomic E-state index is 12.0. The molecule has 0 aliphatic carbocycles. The van der Waals surface area contributed by atoms with Crippen molar-refractivity contribution in [2.45, 2.75) is 125 Å². The summed E-state index contributed by atoms with van der Waals surface area (Å²) in [6, 6.07) is 2.25. The third-order valence-corrected chi connectivity index (χ3v) is 10.5. The van der Waals surface area contributed by atoms with Crippen LogP contribution in [0.25, 0.3) is 0 Å². The van der Waals surface area contributed by atoms with E-state index in [1.165, 1.54) is 34.6 Å². The Balaban J connectivity index is 0.000000213. The van der Waals surface area contributed by atoms with Crippen LogP contribution < -0.4 is 33.7 Å². The molecule has 6 rings (SSSR count). The molecule has 3 saturated heterocycles. The molecule has 3 aromatic heterocycles. The summed E-state index contributed by atoms with van der Waals surface area (Å²) >= 11 is 15.9. The van der Waals surface area contributed by atoms with Crippen molar-refractivity contribution in [2.24, 2.45) is 0 Å². The van der Waals surface area contributed by atoms with Crippen LogP contribution in [-0.2, 0) is 14.2 Å². The lowest BCUT2D eigenvalue weighted by Crippen LogP contribution is -2.49. The molecule has 3 unspecified atom stereocenters. The average Bonchev–Trinajstić information content (AvgIpc) is 3.71. The van der Waals surface area contributed by atoms with Gasteiger partial charge in [0.05, 0.1) is 18.3 Å². The largest absolute Gasteiger partial charge is 0.391 e. The van der Waals surface area contributed by atoms with E-state index < -0.39 is 124 Å². The van der Waals surface area contributed by atoms with Crippen LogP contribution in [0.4, 0.5) is 0 Å². The Morgan fingerprint density at radius 1 is 0.585 bits per heavy atom. The molecule has 0 saturated carbocycles. The molecular weight excluding hydrogens is 937 g/mol. The zero-order valence-electron chi connectivity index (χ0n) is 34.3. The molecule has 3 aliphatic rings. The van der Waals surface area contributed by atoms with Crippen LogP contribution in [0.5, 0.6) is 0 Å². The summed E-state index contributed by atoms with van der Waals surface area (Å²) in [7, 11) is 0. The number of nitrogens with one attached hydrogen (secondary N) is 3. The van der Waals surface area contributed by atoms with E-state index in [0.29, 0.717) is 4.68 Å². The standard InChI is InChI=1S/2C13H15ClN2O6.C11H12ClN3O6/c2*1-6-5-8(18)15-12(20)16(6)11-13(21,3-4-14)10(19)9(22-11)7(2)17;1-5(16)7-8(18)11(20,2-3-12)9(21-7)15-10(19)14-6(17)4-13-15/h2*5,7,9-11,17,19,21H,1-2H3,(H,15,18,20);4-5,7-9,16,18,20H,1H3,(H,14,17,19)/t7-,9+,10-,11+,13?;7-,9-,10+,11-,13?;5-,7-,8+,9-,11?/m011/s1. The smallest absolute Gasteiger partial charge is 0.347 e. The molecule has 3 aliphatic heterocycles. The van der Waals surface area contributed by atoms with Crippen LogP contribution in [0.3, 0.4) is 0 Å². The normalized spacial score (nSPS) is 32.7. The topological polar surface area (TPSA) is 387 Å². The van der Waals surface area contributed by atoms with Crippen LogP contribution in [0, 0.1) is 47.7 Å². The van der Waals surface area contributed by atoms with Crippen molar-refractivity contribution in [3.05, 3.63) is 92.2 Å². The lowest BCUT2D eigenvalue weighted by atomic mass is 9.93. The predicted octanol–water partition coefficient (Wildman–Crippen LogP) is -5.67. The third kappa shape index (κ3) is 10.4. The predicted molar refractivity (Wildman–Crippen MR) is 222 cm³/mol. The van der Waals surface area contributed by atoms with Crippen molar-refractivity contribution < 1.29 is 60.2 Å². The Morgan fingerprint density at radius 3 is 1.18 bits per heavy atom. The van der Waals surface area contributed by atoms with Crippen LogP contribution in [-0.4, -0.2) is 152 Å². The maximum Gasteiger partial charge on any atom is 0.347 e. The van der Waals surface area contributed by atoms with Crippen molar-refractivity contribution in [1.29, 1.82) is 0 Å². The Morgan fingerprint density at radius 2 is 0.892 bits per heavy atom. The van der Waals surface area contributed by atoms with Gasteiger partial charge in [0, 0.05) is 39.7 Å². The van der Waals surface area contributed by atoms with Gasteiger partial charge in [-0.1, -0.05) is 0 Å². The van der Waals surface area contributed by atoms with Crippen molar-refractivity contribution in [2.75, 3.05) is 0 Å². The second kappa shape index (κ2) is 20.7. The van der Waals surface area contributed by atoms with E-state index in [1.807, 2.05) is 31.1 Å². The van der Waals surface area contributed by atoms with E-state index in [0.717, 1.165) is 27.5 Å². The van der Waals surface area contributed by atoms with Crippen LogP contribution in [0.15, 0.2) is 47.1 Å². The molecule has 0 spiro atoms. The van der Waals surface area contributed by atoms with Crippen LogP contribution in [0.2, 0.25) is 0 Å². The number of hydrogen-bond donors (Lipinski definition) is 12. The molecule has 0 amide bonds. The summed E-state index contributed by atoms with van der Waals surface area (Å²) in [5.41, 5.74) is -11.0. The van der Waals surface area contributed by atoms with Gasteiger partial charge in [0.2, 0.25) is 16.8 Å². The number of ether oxygens (including phenoxy) is 3. The van der Waals surface area contributed by atoms with Crippen molar-refractivity contribution in [3.8, 4) is 33.9 Å². The highest BCUT2D eigenvalue weighted by molar-refractivity contribution is 6.30. The summed E-state index contributed by atoms with van der Waals surface area (Å²) in [6.07, 6.45) is -15.6. The summed E-state index contributed by atoms with van der Waals surface area (Å²) < 4.78 is 18.6. The first-order valence-corrected chi connectivity index (χ1v) is 19.8. The van der Waals surface area contributed by atoms with Crippen LogP contribution in [0.1, 0.15) is 50.8 Å². The van der Waals surface area contributed by atoms with Gasteiger partial charge < -0.3 is 60.2 Å². The summed E-state index contributed by atoms with van der Waals surface area (Å²) in [6.45, 7) is 6.95. The summed E-state index contributed by atoms with van der Waals surface area (Å²) in [5.74, 6) is 6.55. The van der Waals surface area contributed by atoms with E-state index in [9.17, 15) is 74.7 Å². The lowest BCUT2D eigenvalue weighted by Gasteiger charge is -2.27. The highest BCUT2D eigenvalue weighted by Gasteiger charge is 2.60. The minimum Gasteiger partial charge on any atom is -0.391 e. The van der Waals surface area contributed by atoms with E-state index in [1.54, 1.807) is 0 Å². The highest BCUT2D eigenvalue weighted by atomic mass is 35.5. The average molecular weight is 979 g/mol.